The third-order valence-corrected chi connectivity index (χ3v) is 3.25. The molecule has 1 atom stereocenters. The summed E-state index contributed by atoms with van der Waals surface area (Å²) in [5.41, 5.74) is -2.10. The van der Waals surface area contributed by atoms with Gasteiger partial charge < -0.3 is 0 Å². The van der Waals surface area contributed by atoms with Crippen molar-refractivity contribution in [3.63, 3.8) is 0 Å². The van der Waals surface area contributed by atoms with Crippen molar-refractivity contribution < 1.29 is 17.6 Å². The summed E-state index contributed by atoms with van der Waals surface area (Å²) in [4.78, 5) is 9.98. The molecule has 0 amide bonds. The van der Waals surface area contributed by atoms with Crippen LogP contribution in [0.25, 0.3) is 0 Å². The maximum absolute atomic E-state index is 12.8. The van der Waals surface area contributed by atoms with Crippen LogP contribution >= 0.6 is 0 Å². The summed E-state index contributed by atoms with van der Waals surface area (Å²) in [6, 6.07) is 0. The first kappa shape index (κ1) is 7.65. The van der Waals surface area contributed by atoms with E-state index >= 15 is 0 Å². The third-order valence-electron chi connectivity index (χ3n) is 1.50. The molecular weight excluding hydrogens is 159 g/mol. The lowest BCUT2D eigenvalue weighted by molar-refractivity contribution is -0.116. The lowest BCUT2D eigenvalue weighted by atomic mass is 10.1. The number of hydrogen-bond donors (Lipinski definition) is 0. The molecular formula is C5H7FO3S. The van der Waals surface area contributed by atoms with Crippen molar-refractivity contribution in [3.8, 4) is 0 Å². The largest absolute Gasteiger partial charge is 0.300 e. The molecule has 1 fully saturated rings. The molecule has 0 aromatic rings. The Labute approximate surface area is 58.1 Å². The first-order valence-electron chi connectivity index (χ1n) is 2.83. The SMILES string of the molecule is O=CC1(F)CCS(=O)(=O)C1. The summed E-state index contributed by atoms with van der Waals surface area (Å²) < 4.78 is 34.0. The van der Waals surface area contributed by atoms with E-state index in [1.165, 1.54) is 0 Å². The first-order valence-corrected chi connectivity index (χ1v) is 4.65. The summed E-state index contributed by atoms with van der Waals surface area (Å²) in [7, 11) is -3.27. The van der Waals surface area contributed by atoms with Crippen LogP contribution in [0.5, 0.6) is 0 Å². The fraction of sp³-hybridized carbons (Fsp3) is 0.800. The van der Waals surface area contributed by atoms with Gasteiger partial charge in [0.25, 0.3) is 0 Å². The Morgan fingerprint density at radius 3 is 2.30 bits per heavy atom. The van der Waals surface area contributed by atoms with E-state index in [4.69, 9.17) is 0 Å². The lowest BCUT2D eigenvalue weighted by Crippen LogP contribution is -2.25. The van der Waals surface area contributed by atoms with E-state index in [0.717, 1.165) is 0 Å². The van der Waals surface area contributed by atoms with Gasteiger partial charge in [-0.2, -0.15) is 0 Å². The standard InChI is InChI=1S/C5H7FO3S/c6-5(3-7)1-2-10(8,9)4-5/h3H,1-2,4H2. The highest BCUT2D eigenvalue weighted by Gasteiger charge is 2.42. The van der Waals surface area contributed by atoms with Crippen LogP contribution in [-0.4, -0.2) is 31.9 Å². The van der Waals surface area contributed by atoms with Crippen molar-refractivity contribution in [2.75, 3.05) is 11.5 Å². The van der Waals surface area contributed by atoms with Gasteiger partial charge in [-0.05, 0) is 0 Å². The van der Waals surface area contributed by atoms with Gasteiger partial charge in [-0.15, -0.1) is 0 Å². The summed E-state index contributed by atoms with van der Waals surface area (Å²) in [6.45, 7) is 0. The topological polar surface area (TPSA) is 51.2 Å². The quantitative estimate of drug-likeness (QED) is 0.503. The van der Waals surface area contributed by atoms with Crippen LogP contribution in [0.1, 0.15) is 6.42 Å². The van der Waals surface area contributed by atoms with Crippen molar-refractivity contribution in [1.29, 1.82) is 0 Å². The van der Waals surface area contributed by atoms with Gasteiger partial charge in [0.1, 0.15) is 0 Å². The number of carbonyl (C=O) groups excluding carboxylic acids is 1. The molecule has 0 bridgehead atoms. The molecule has 0 aromatic carbocycles. The van der Waals surface area contributed by atoms with Crippen molar-refractivity contribution in [1.82, 2.24) is 0 Å². The average molecular weight is 166 g/mol. The minimum atomic E-state index is -3.27. The van der Waals surface area contributed by atoms with Gasteiger partial charge in [-0.1, -0.05) is 0 Å². The third kappa shape index (κ3) is 1.34. The summed E-state index contributed by atoms with van der Waals surface area (Å²) in [5.74, 6) is -0.842. The first-order chi connectivity index (χ1) is 4.47. The minimum Gasteiger partial charge on any atom is -0.300 e. The maximum atomic E-state index is 12.8. The fourth-order valence-electron chi connectivity index (χ4n) is 0.928. The van der Waals surface area contributed by atoms with E-state index in [2.05, 4.69) is 0 Å². The second kappa shape index (κ2) is 2.02. The van der Waals surface area contributed by atoms with E-state index in [-0.39, 0.29) is 18.5 Å². The molecule has 0 aromatic heterocycles. The van der Waals surface area contributed by atoms with Crippen molar-refractivity contribution in [3.05, 3.63) is 0 Å². The minimum absolute atomic E-state index is 0.0809. The molecule has 0 N–H and O–H groups in total. The van der Waals surface area contributed by atoms with Crippen molar-refractivity contribution >= 4 is 16.1 Å². The molecule has 1 aliphatic rings. The smallest absolute Gasteiger partial charge is 0.180 e. The van der Waals surface area contributed by atoms with Gasteiger partial charge in [0.15, 0.2) is 21.8 Å². The van der Waals surface area contributed by atoms with E-state index < -0.39 is 21.3 Å². The molecule has 1 heterocycles. The van der Waals surface area contributed by atoms with Crippen molar-refractivity contribution in [2.45, 2.75) is 12.1 Å². The molecule has 1 rings (SSSR count). The Kier molecular flexibility index (Phi) is 1.54. The van der Waals surface area contributed by atoms with E-state index in [0.29, 0.717) is 0 Å². The second-order valence-electron chi connectivity index (χ2n) is 2.49. The van der Waals surface area contributed by atoms with Crippen LogP contribution < -0.4 is 0 Å². The molecule has 0 radical (unpaired) electrons. The molecule has 0 saturated carbocycles. The average Bonchev–Trinajstić information content (AvgIpc) is 2.08. The zero-order valence-corrected chi connectivity index (χ0v) is 6.03. The van der Waals surface area contributed by atoms with Crippen molar-refractivity contribution in [2.24, 2.45) is 0 Å². The van der Waals surface area contributed by atoms with Gasteiger partial charge in [-0.3, -0.25) is 4.79 Å². The molecule has 0 spiro atoms. The van der Waals surface area contributed by atoms with E-state index in [9.17, 15) is 17.6 Å². The van der Waals surface area contributed by atoms with Gasteiger partial charge >= 0.3 is 0 Å². The van der Waals surface area contributed by atoms with E-state index in [1.807, 2.05) is 0 Å². The number of sulfone groups is 1. The molecule has 3 nitrogen and oxygen atoms in total. The normalized spacial score (nSPS) is 37.7. The lowest BCUT2D eigenvalue weighted by Gasteiger charge is -2.04. The predicted molar refractivity (Wildman–Crippen MR) is 33.2 cm³/mol. The number of halogens is 1. The highest BCUT2D eigenvalue weighted by molar-refractivity contribution is 7.91. The number of alkyl halides is 1. The Morgan fingerprint density at radius 1 is 1.50 bits per heavy atom. The van der Waals surface area contributed by atoms with Crippen LogP contribution in [0.4, 0.5) is 4.39 Å². The van der Waals surface area contributed by atoms with Gasteiger partial charge in [0, 0.05) is 6.42 Å². The van der Waals surface area contributed by atoms with Crippen LogP contribution in [0, 0.1) is 0 Å². The number of carbonyl (C=O) groups is 1. The molecule has 0 aliphatic carbocycles. The zero-order valence-electron chi connectivity index (χ0n) is 5.21. The zero-order chi connectivity index (χ0) is 7.83. The van der Waals surface area contributed by atoms with Gasteiger partial charge in [-0.25, -0.2) is 12.8 Å². The van der Waals surface area contributed by atoms with Crippen LogP contribution in [0.3, 0.4) is 0 Å². The van der Waals surface area contributed by atoms with Crippen LogP contribution in [-0.2, 0) is 14.6 Å². The molecule has 1 aliphatic heterocycles. The molecule has 58 valence electrons. The maximum Gasteiger partial charge on any atom is 0.180 e. The number of rotatable bonds is 1. The highest BCUT2D eigenvalue weighted by atomic mass is 32.2. The monoisotopic (exact) mass is 166 g/mol. The molecule has 10 heavy (non-hydrogen) atoms. The highest BCUT2D eigenvalue weighted by Crippen LogP contribution is 2.24. The fourth-order valence-corrected chi connectivity index (χ4v) is 2.67. The van der Waals surface area contributed by atoms with Crippen LogP contribution in [0.15, 0.2) is 0 Å². The van der Waals surface area contributed by atoms with Gasteiger partial charge in [0.2, 0.25) is 0 Å². The van der Waals surface area contributed by atoms with Crippen LogP contribution in [0.2, 0.25) is 0 Å². The predicted octanol–water partition coefficient (Wildman–Crippen LogP) is -0.288. The molecule has 1 unspecified atom stereocenters. The Bertz CT molecular complexity index is 246. The summed E-state index contributed by atoms with van der Waals surface area (Å²) in [6.07, 6.45) is -0.101. The van der Waals surface area contributed by atoms with E-state index in [1.54, 1.807) is 0 Å². The Morgan fingerprint density at radius 2 is 2.10 bits per heavy atom. The second-order valence-corrected chi connectivity index (χ2v) is 4.68. The Balaban J connectivity index is 2.86. The van der Waals surface area contributed by atoms with Gasteiger partial charge in [0.05, 0.1) is 11.5 Å². The molecule has 5 heteroatoms. The summed E-state index contributed by atoms with van der Waals surface area (Å²) >= 11 is 0. The molecule has 1 saturated heterocycles. The number of aldehydes is 1. The summed E-state index contributed by atoms with van der Waals surface area (Å²) in [5, 5.41) is 0. The number of hydrogen-bond acceptors (Lipinski definition) is 3. The Hall–Kier alpha value is -0.450.